The topological polar surface area (TPSA) is 24.9 Å². The molecule has 0 radical (unpaired) electrons. The Morgan fingerprint density at radius 1 is 1.15 bits per heavy atom. The Balaban J connectivity index is 2.01. The third-order valence-corrected chi connectivity index (χ3v) is 3.12. The molecule has 0 fully saturated rings. The summed E-state index contributed by atoms with van der Waals surface area (Å²) in [5, 5.41) is 2.98. The first-order valence-electron chi connectivity index (χ1n) is 5.97. The molecule has 0 atom stereocenters. The molecule has 0 unspecified atom stereocenters. The SMILES string of the molecule is FC(F)(F)c1cc(Br)cc(NCCc2ccccn2)c1. The highest BCUT2D eigenvalue weighted by Crippen LogP contribution is 2.33. The summed E-state index contributed by atoms with van der Waals surface area (Å²) in [5.41, 5.74) is 0.654. The molecule has 0 saturated carbocycles. The van der Waals surface area contributed by atoms with Crippen LogP contribution in [0.5, 0.6) is 0 Å². The van der Waals surface area contributed by atoms with Gasteiger partial charge in [-0.1, -0.05) is 22.0 Å². The van der Waals surface area contributed by atoms with Gasteiger partial charge in [0.25, 0.3) is 0 Å². The van der Waals surface area contributed by atoms with Crippen molar-refractivity contribution in [2.24, 2.45) is 0 Å². The highest BCUT2D eigenvalue weighted by molar-refractivity contribution is 9.10. The van der Waals surface area contributed by atoms with Gasteiger partial charge in [0.05, 0.1) is 5.56 Å². The lowest BCUT2D eigenvalue weighted by Crippen LogP contribution is -2.09. The first-order valence-corrected chi connectivity index (χ1v) is 6.76. The van der Waals surface area contributed by atoms with E-state index in [0.29, 0.717) is 23.1 Å². The normalized spacial score (nSPS) is 11.4. The molecule has 2 nitrogen and oxygen atoms in total. The molecule has 1 heterocycles. The van der Waals surface area contributed by atoms with Crippen molar-refractivity contribution in [2.45, 2.75) is 12.6 Å². The number of hydrogen-bond acceptors (Lipinski definition) is 2. The average molecular weight is 345 g/mol. The Kier molecular flexibility index (Phi) is 4.65. The molecule has 0 saturated heterocycles. The Bertz CT molecular complexity index is 570. The number of alkyl halides is 3. The van der Waals surface area contributed by atoms with Crippen LogP contribution in [0.3, 0.4) is 0 Å². The molecular weight excluding hydrogens is 333 g/mol. The van der Waals surface area contributed by atoms with Crippen LogP contribution in [0.25, 0.3) is 0 Å². The molecule has 1 N–H and O–H groups in total. The summed E-state index contributed by atoms with van der Waals surface area (Å²) in [6.07, 6.45) is -2.01. The number of halogens is 4. The number of rotatable bonds is 4. The number of benzene rings is 1. The molecule has 20 heavy (non-hydrogen) atoms. The molecule has 2 rings (SSSR count). The van der Waals surface area contributed by atoms with Gasteiger partial charge in [0.2, 0.25) is 0 Å². The maximum absolute atomic E-state index is 12.7. The highest BCUT2D eigenvalue weighted by Gasteiger charge is 2.31. The van der Waals surface area contributed by atoms with Crippen LogP contribution in [-0.2, 0) is 12.6 Å². The number of pyridine rings is 1. The van der Waals surface area contributed by atoms with Crippen molar-refractivity contribution in [3.63, 3.8) is 0 Å². The third-order valence-electron chi connectivity index (χ3n) is 2.66. The Labute approximate surface area is 123 Å². The van der Waals surface area contributed by atoms with E-state index in [1.807, 2.05) is 18.2 Å². The summed E-state index contributed by atoms with van der Waals surface area (Å²) in [5.74, 6) is 0. The first-order chi connectivity index (χ1) is 9.45. The molecule has 2 aromatic rings. The molecule has 0 aliphatic heterocycles. The minimum Gasteiger partial charge on any atom is -0.385 e. The van der Waals surface area contributed by atoms with Gasteiger partial charge in [-0.3, -0.25) is 4.98 Å². The van der Waals surface area contributed by atoms with Gasteiger partial charge in [-0.2, -0.15) is 13.2 Å². The second kappa shape index (κ2) is 6.26. The van der Waals surface area contributed by atoms with Crippen LogP contribution in [0.15, 0.2) is 47.1 Å². The monoisotopic (exact) mass is 344 g/mol. The van der Waals surface area contributed by atoms with Gasteiger partial charge >= 0.3 is 6.18 Å². The summed E-state index contributed by atoms with van der Waals surface area (Å²) in [4.78, 5) is 4.16. The summed E-state index contributed by atoms with van der Waals surface area (Å²) in [6, 6.07) is 9.36. The number of hydrogen-bond donors (Lipinski definition) is 1. The smallest absolute Gasteiger partial charge is 0.385 e. The molecule has 0 aliphatic carbocycles. The van der Waals surface area contributed by atoms with Crippen LogP contribution in [0.1, 0.15) is 11.3 Å². The van der Waals surface area contributed by atoms with E-state index in [9.17, 15) is 13.2 Å². The second-order valence-electron chi connectivity index (χ2n) is 4.22. The van der Waals surface area contributed by atoms with E-state index in [1.54, 1.807) is 12.3 Å². The molecule has 106 valence electrons. The quantitative estimate of drug-likeness (QED) is 0.882. The molecular formula is C14H12BrF3N2. The first kappa shape index (κ1) is 14.8. The molecule has 0 amide bonds. The zero-order chi connectivity index (χ0) is 14.6. The van der Waals surface area contributed by atoms with Crippen LogP contribution in [0.2, 0.25) is 0 Å². The summed E-state index contributed by atoms with van der Waals surface area (Å²) in [6.45, 7) is 0.519. The van der Waals surface area contributed by atoms with Crippen molar-refractivity contribution in [2.75, 3.05) is 11.9 Å². The van der Waals surface area contributed by atoms with Gasteiger partial charge < -0.3 is 5.32 Å². The Morgan fingerprint density at radius 3 is 2.60 bits per heavy atom. The Hall–Kier alpha value is -1.56. The lowest BCUT2D eigenvalue weighted by Gasteiger charge is -2.11. The standard InChI is InChI=1S/C14H12BrF3N2/c15-11-7-10(14(16,17)18)8-13(9-11)20-6-4-12-3-1-2-5-19-12/h1-3,5,7-9,20H,4,6H2. The van der Waals surface area contributed by atoms with Crippen molar-refractivity contribution < 1.29 is 13.2 Å². The third kappa shape index (κ3) is 4.23. The maximum atomic E-state index is 12.7. The highest BCUT2D eigenvalue weighted by atomic mass is 79.9. The van der Waals surface area contributed by atoms with E-state index in [2.05, 4.69) is 26.2 Å². The fraction of sp³-hybridized carbons (Fsp3) is 0.214. The van der Waals surface area contributed by atoms with Crippen LogP contribution in [-0.4, -0.2) is 11.5 Å². The van der Waals surface area contributed by atoms with E-state index < -0.39 is 11.7 Å². The van der Waals surface area contributed by atoms with E-state index in [4.69, 9.17) is 0 Å². The zero-order valence-corrected chi connectivity index (χ0v) is 12.0. The molecule has 1 aromatic carbocycles. The minimum absolute atomic E-state index is 0.396. The maximum Gasteiger partial charge on any atom is 0.416 e. The second-order valence-corrected chi connectivity index (χ2v) is 5.14. The summed E-state index contributed by atoms with van der Waals surface area (Å²) in [7, 11) is 0. The van der Waals surface area contributed by atoms with Gasteiger partial charge in [-0.05, 0) is 30.3 Å². The van der Waals surface area contributed by atoms with Gasteiger partial charge in [-0.15, -0.1) is 0 Å². The minimum atomic E-state index is -4.35. The van der Waals surface area contributed by atoms with Crippen LogP contribution in [0, 0.1) is 0 Å². The van der Waals surface area contributed by atoms with Gasteiger partial charge in [0, 0.05) is 35.0 Å². The van der Waals surface area contributed by atoms with Crippen LogP contribution < -0.4 is 5.32 Å². The van der Waals surface area contributed by atoms with Crippen LogP contribution >= 0.6 is 15.9 Å². The molecule has 0 aliphatic rings. The van der Waals surface area contributed by atoms with Crippen molar-refractivity contribution >= 4 is 21.6 Å². The van der Waals surface area contributed by atoms with Crippen LogP contribution in [0.4, 0.5) is 18.9 Å². The molecule has 0 spiro atoms. The van der Waals surface area contributed by atoms with Crippen molar-refractivity contribution in [3.8, 4) is 0 Å². The number of aromatic nitrogens is 1. The van der Waals surface area contributed by atoms with Gasteiger partial charge in [-0.25, -0.2) is 0 Å². The lowest BCUT2D eigenvalue weighted by atomic mass is 10.2. The molecule has 0 bridgehead atoms. The van der Waals surface area contributed by atoms with E-state index in [-0.39, 0.29) is 0 Å². The predicted molar refractivity (Wildman–Crippen MR) is 75.6 cm³/mol. The number of nitrogens with one attached hydrogen (secondary N) is 1. The van der Waals surface area contributed by atoms with Gasteiger partial charge in [0.1, 0.15) is 0 Å². The zero-order valence-electron chi connectivity index (χ0n) is 10.4. The summed E-state index contributed by atoms with van der Waals surface area (Å²) >= 11 is 3.09. The lowest BCUT2D eigenvalue weighted by molar-refractivity contribution is -0.137. The largest absolute Gasteiger partial charge is 0.416 e. The summed E-state index contributed by atoms with van der Waals surface area (Å²) < 4.78 is 38.4. The van der Waals surface area contributed by atoms with Crippen molar-refractivity contribution in [1.29, 1.82) is 0 Å². The van der Waals surface area contributed by atoms with E-state index in [1.165, 1.54) is 0 Å². The fourth-order valence-electron chi connectivity index (χ4n) is 1.74. The number of anilines is 1. The van der Waals surface area contributed by atoms with E-state index in [0.717, 1.165) is 17.8 Å². The van der Waals surface area contributed by atoms with E-state index >= 15 is 0 Å². The Morgan fingerprint density at radius 2 is 1.95 bits per heavy atom. The predicted octanol–water partition coefficient (Wildman–Crippen LogP) is 4.52. The van der Waals surface area contributed by atoms with Crippen molar-refractivity contribution in [1.82, 2.24) is 4.98 Å². The van der Waals surface area contributed by atoms with Gasteiger partial charge in [0.15, 0.2) is 0 Å². The average Bonchev–Trinajstić information content (AvgIpc) is 2.38. The fourth-order valence-corrected chi connectivity index (χ4v) is 2.23. The van der Waals surface area contributed by atoms with Crippen molar-refractivity contribution in [3.05, 3.63) is 58.3 Å². The molecule has 6 heteroatoms. The number of nitrogens with zero attached hydrogens (tertiary/aromatic N) is 1. The molecule has 1 aromatic heterocycles.